The Labute approximate surface area is 91.0 Å². The molecule has 1 atom stereocenters. The highest BCUT2D eigenvalue weighted by molar-refractivity contribution is 7.99. The lowest BCUT2D eigenvalue weighted by molar-refractivity contribution is -0.147. The van der Waals surface area contributed by atoms with E-state index in [4.69, 9.17) is 5.11 Å². The second-order valence-electron chi connectivity index (χ2n) is 3.13. The van der Waals surface area contributed by atoms with Crippen LogP contribution >= 0.6 is 11.8 Å². The van der Waals surface area contributed by atoms with Gasteiger partial charge in [0.15, 0.2) is 0 Å². The molecule has 2 N–H and O–H groups in total. The van der Waals surface area contributed by atoms with Crippen LogP contribution < -0.4 is 5.32 Å². The molecule has 6 nitrogen and oxygen atoms in total. The van der Waals surface area contributed by atoms with Gasteiger partial charge in [-0.3, -0.25) is 9.59 Å². The fourth-order valence-corrected chi connectivity index (χ4v) is 2.37. The highest BCUT2D eigenvalue weighted by Gasteiger charge is 2.34. The minimum absolute atomic E-state index is 0.139. The Bertz CT molecular complexity index is 294. The van der Waals surface area contributed by atoms with E-state index in [1.165, 1.54) is 23.6 Å². The molecule has 1 heterocycles. The van der Waals surface area contributed by atoms with E-state index in [9.17, 15) is 14.4 Å². The molecule has 7 heteroatoms. The Balaban J connectivity index is 2.51. The highest BCUT2D eigenvalue weighted by atomic mass is 32.2. The minimum atomic E-state index is -1.00. The number of aliphatic carboxylic acids is 1. The van der Waals surface area contributed by atoms with E-state index in [0.717, 1.165) is 0 Å². The number of hydrogen-bond acceptors (Lipinski definition) is 4. The molecule has 1 saturated heterocycles. The van der Waals surface area contributed by atoms with E-state index in [-0.39, 0.29) is 18.4 Å². The minimum Gasteiger partial charge on any atom is -0.480 e. The summed E-state index contributed by atoms with van der Waals surface area (Å²) in [6.45, 7) is 1.17. The third kappa shape index (κ3) is 3.12. The molecule has 1 fully saturated rings. The number of carboxylic acids is 1. The van der Waals surface area contributed by atoms with Gasteiger partial charge in [0.1, 0.15) is 6.04 Å². The van der Waals surface area contributed by atoms with E-state index in [1.807, 2.05) is 0 Å². The molecule has 15 heavy (non-hydrogen) atoms. The number of nitrogens with one attached hydrogen (secondary N) is 1. The van der Waals surface area contributed by atoms with Crippen LogP contribution in [0.1, 0.15) is 6.92 Å². The molecule has 0 aromatic rings. The quantitative estimate of drug-likeness (QED) is 0.659. The molecule has 0 saturated carbocycles. The van der Waals surface area contributed by atoms with Crippen LogP contribution in [0, 0.1) is 0 Å². The smallest absolute Gasteiger partial charge is 0.327 e. The molecule has 0 aromatic heterocycles. The second kappa shape index (κ2) is 5.01. The number of amides is 2. The molecule has 0 bridgehead atoms. The molecule has 84 valence electrons. The third-order valence-electron chi connectivity index (χ3n) is 1.98. The summed E-state index contributed by atoms with van der Waals surface area (Å²) in [4.78, 5) is 34.1. The van der Waals surface area contributed by atoms with Crippen LogP contribution in [0.5, 0.6) is 0 Å². The first kappa shape index (κ1) is 11.8. The lowest BCUT2D eigenvalue weighted by Gasteiger charge is -2.20. The first-order valence-corrected chi connectivity index (χ1v) is 5.52. The lowest BCUT2D eigenvalue weighted by Crippen LogP contribution is -2.46. The van der Waals surface area contributed by atoms with Gasteiger partial charge in [-0.15, -0.1) is 11.8 Å². The maximum atomic E-state index is 11.5. The number of carbonyl (C=O) groups is 3. The van der Waals surface area contributed by atoms with E-state index in [2.05, 4.69) is 5.32 Å². The molecule has 1 aliphatic rings. The Morgan fingerprint density at radius 1 is 1.53 bits per heavy atom. The summed E-state index contributed by atoms with van der Waals surface area (Å²) >= 11 is 1.39. The van der Waals surface area contributed by atoms with Gasteiger partial charge in [-0.05, 0) is 0 Å². The van der Waals surface area contributed by atoms with E-state index >= 15 is 0 Å². The van der Waals surface area contributed by atoms with Crippen molar-refractivity contribution in [3.63, 3.8) is 0 Å². The molecule has 0 radical (unpaired) electrons. The van der Waals surface area contributed by atoms with Crippen molar-refractivity contribution in [2.75, 3.05) is 18.2 Å². The van der Waals surface area contributed by atoms with Crippen molar-refractivity contribution in [2.45, 2.75) is 13.0 Å². The van der Waals surface area contributed by atoms with Crippen LogP contribution in [-0.4, -0.2) is 52.0 Å². The molecular formula is C8H12N2O4S. The summed E-state index contributed by atoms with van der Waals surface area (Å²) in [7, 11) is 0. The van der Waals surface area contributed by atoms with E-state index in [1.54, 1.807) is 0 Å². The molecule has 0 aromatic carbocycles. The maximum Gasteiger partial charge on any atom is 0.327 e. The summed E-state index contributed by atoms with van der Waals surface area (Å²) < 4.78 is 0. The number of thioether (sulfide) groups is 1. The second-order valence-corrected chi connectivity index (χ2v) is 4.13. The van der Waals surface area contributed by atoms with Gasteiger partial charge in [0, 0.05) is 12.7 Å². The molecule has 1 aliphatic heterocycles. The van der Waals surface area contributed by atoms with Gasteiger partial charge in [0.2, 0.25) is 11.8 Å². The average Bonchev–Trinajstić information content (AvgIpc) is 2.62. The third-order valence-corrected chi connectivity index (χ3v) is 2.99. The van der Waals surface area contributed by atoms with E-state index < -0.39 is 12.0 Å². The molecule has 2 amide bonds. The largest absolute Gasteiger partial charge is 0.480 e. The summed E-state index contributed by atoms with van der Waals surface area (Å²) in [5, 5.41) is 11.2. The molecule has 0 spiro atoms. The van der Waals surface area contributed by atoms with E-state index in [0.29, 0.717) is 11.6 Å². The Kier molecular flexibility index (Phi) is 3.96. The van der Waals surface area contributed by atoms with Gasteiger partial charge in [0.05, 0.1) is 12.4 Å². The summed E-state index contributed by atoms with van der Waals surface area (Å²) in [5.74, 6) is -0.892. The Morgan fingerprint density at radius 2 is 2.20 bits per heavy atom. The Morgan fingerprint density at radius 3 is 2.73 bits per heavy atom. The van der Waals surface area contributed by atoms with Gasteiger partial charge in [-0.2, -0.15) is 0 Å². The molecule has 0 aliphatic carbocycles. The number of carbonyl (C=O) groups excluding carboxylic acids is 2. The number of nitrogens with zero attached hydrogens (tertiary/aromatic N) is 1. The normalized spacial score (nSPS) is 20.1. The van der Waals surface area contributed by atoms with Crippen molar-refractivity contribution in [3.05, 3.63) is 0 Å². The SMILES string of the molecule is CC(=O)NCC(=O)N1CSC[C@H]1C(=O)O. The summed E-state index contributed by atoms with van der Waals surface area (Å²) in [6.07, 6.45) is 0. The zero-order chi connectivity index (χ0) is 11.4. The van der Waals surface area contributed by atoms with Gasteiger partial charge in [-0.25, -0.2) is 4.79 Å². The fraction of sp³-hybridized carbons (Fsp3) is 0.625. The highest BCUT2D eigenvalue weighted by Crippen LogP contribution is 2.20. The van der Waals surface area contributed by atoms with Crippen LogP contribution in [0.25, 0.3) is 0 Å². The molecule has 1 rings (SSSR count). The number of rotatable bonds is 3. The van der Waals surface area contributed by atoms with Crippen molar-refractivity contribution < 1.29 is 19.5 Å². The van der Waals surface area contributed by atoms with Gasteiger partial charge >= 0.3 is 5.97 Å². The number of hydrogen-bond donors (Lipinski definition) is 2. The molecule has 0 unspecified atom stereocenters. The maximum absolute atomic E-state index is 11.5. The predicted octanol–water partition coefficient (Wildman–Crippen LogP) is -0.891. The van der Waals surface area contributed by atoms with Crippen LogP contribution in [0.3, 0.4) is 0 Å². The lowest BCUT2D eigenvalue weighted by atomic mass is 10.3. The predicted molar refractivity (Wildman–Crippen MR) is 54.3 cm³/mol. The topological polar surface area (TPSA) is 86.7 Å². The monoisotopic (exact) mass is 232 g/mol. The van der Waals surface area contributed by atoms with Crippen LogP contribution in [-0.2, 0) is 14.4 Å². The van der Waals surface area contributed by atoms with Crippen LogP contribution in [0.15, 0.2) is 0 Å². The van der Waals surface area contributed by atoms with Gasteiger partial charge in [-0.1, -0.05) is 0 Å². The number of carboxylic acid groups (broad SMARTS) is 1. The van der Waals surface area contributed by atoms with Crippen molar-refractivity contribution in [3.8, 4) is 0 Å². The van der Waals surface area contributed by atoms with Crippen molar-refractivity contribution in [2.24, 2.45) is 0 Å². The van der Waals surface area contributed by atoms with Gasteiger partial charge < -0.3 is 15.3 Å². The van der Waals surface area contributed by atoms with Crippen LogP contribution in [0.4, 0.5) is 0 Å². The Hall–Kier alpha value is -1.24. The summed E-state index contributed by atoms with van der Waals surface area (Å²) in [6, 6.07) is -0.767. The van der Waals surface area contributed by atoms with Crippen LogP contribution in [0.2, 0.25) is 0 Å². The standard InChI is InChI=1S/C8H12N2O4S/c1-5(11)9-2-7(12)10-4-15-3-6(10)8(13)14/h6H,2-4H2,1H3,(H,9,11)(H,13,14)/t6-/m0/s1. The van der Waals surface area contributed by atoms with Crippen molar-refractivity contribution in [1.29, 1.82) is 0 Å². The van der Waals surface area contributed by atoms with Gasteiger partial charge in [0.25, 0.3) is 0 Å². The zero-order valence-corrected chi connectivity index (χ0v) is 9.04. The van der Waals surface area contributed by atoms with Crippen molar-refractivity contribution in [1.82, 2.24) is 10.2 Å². The summed E-state index contributed by atoms with van der Waals surface area (Å²) in [5.41, 5.74) is 0. The first-order valence-electron chi connectivity index (χ1n) is 4.37. The van der Waals surface area contributed by atoms with Crippen molar-refractivity contribution >= 4 is 29.5 Å². The average molecular weight is 232 g/mol. The zero-order valence-electron chi connectivity index (χ0n) is 8.23. The first-order chi connectivity index (χ1) is 7.02. The fourth-order valence-electron chi connectivity index (χ4n) is 1.19. The molecular weight excluding hydrogens is 220 g/mol.